The molecule has 3 atom stereocenters. The van der Waals surface area contributed by atoms with Gasteiger partial charge in [0, 0.05) is 12.6 Å². The summed E-state index contributed by atoms with van der Waals surface area (Å²) < 4.78 is 0. The molecule has 3 aliphatic rings. The number of rotatable bonds is 8. The predicted octanol–water partition coefficient (Wildman–Crippen LogP) is 4.58. The quantitative estimate of drug-likeness (QED) is 0.601. The largest absolute Gasteiger partial charge is 0.369 e. The van der Waals surface area contributed by atoms with Crippen molar-refractivity contribution >= 4 is 11.8 Å². The van der Waals surface area contributed by atoms with Crippen molar-refractivity contribution in [2.75, 3.05) is 6.54 Å². The average Bonchev–Trinajstić information content (AvgIpc) is 2.90. The molecule has 2 aliphatic carbocycles. The zero-order valence-electron chi connectivity index (χ0n) is 19.0. The molecule has 29 heavy (non-hydrogen) atoms. The molecule has 0 aromatic carbocycles. The fourth-order valence-corrected chi connectivity index (χ4v) is 6.73. The van der Waals surface area contributed by atoms with E-state index in [1.54, 1.807) is 0 Å². The number of primary amides is 1. The van der Waals surface area contributed by atoms with E-state index in [1.165, 1.54) is 38.5 Å². The second-order valence-electron chi connectivity index (χ2n) is 9.81. The van der Waals surface area contributed by atoms with Crippen molar-refractivity contribution in [1.29, 1.82) is 0 Å². The van der Waals surface area contributed by atoms with E-state index in [0.29, 0.717) is 0 Å². The minimum absolute atomic E-state index is 0.206. The number of unbranched alkanes of at least 4 members (excludes halogenated alkanes) is 3. The first-order chi connectivity index (χ1) is 14.0. The Bertz CT molecular complexity index is 587. The third kappa shape index (κ3) is 3.73. The first-order valence-electron chi connectivity index (χ1n) is 12.4. The lowest BCUT2D eigenvalue weighted by molar-refractivity contribution is -0.145. The molecule has 1 aliphatic heterocycles. The molecule has 1 heterocycles. The molecule has 3 unspecified atom stereocenters. The molecular weight excluding hydrogens is 362 g/mol. The molecular formula is C24H43N3O2. The van der Waals surface area contributed by atoms with Crippen molar-refractivity contribution < 1.29 is 9.59 Å². The molecule has 0 radical (unpaired) electrons. The molecule has 2 spiro atoms. The van der Waals surface area contributed by atoms with Gasteiger partial charge in [-0.1, -0.05) is 52.4 Å². The standard InChI is InChI=1S/C24H43N3O2/c1-4-6-7-13-18-26-22(29)24(17-12-9-14-20(24)21(25)28)27(19(3)5-2)23(26)15-10-8-11-16-23/h19-20H,4-18H2,1-3H3,(H2,25,28). The van der Waals surface area contributed by atoms with E-state index in [2.05, 4.69) is 30.6 Å². The van der Waals surface area contributed by atoms with Gasteiger partial charge in [0.05, 0.1) is 11.6 Å². The molecule has 2 amide bonds. The Morgan fingerprint density at radius 3 is 2.38 bits per heavy atom. The molecule has 166 valence electrons. The second-order valence-corrected chi connectivity index (χ2v) is 9.81. The SMILES string of the molecule is CCCCCCN1C(=O)C2(CCCCC2C(N)=O)N(C(C)CC)C12CCCCC2. The molecule has 5 heteroatoms. The molecule has 0 aromatic heterocycles. The van der Waals surface area contributed by atoms with E-state index in [-0.39, 0.29) is 29.4 Å². The number of carbonyl (C=O) groups excluding carboxylic acids is 2. The highest BCUT2D eigenvalue weighted by Crippen LogP contribution is 2.55. The Balaban J connectivity index is 2.06. The third-order valence-corrected chi connectivity index (χ3v) is 8.14. The number of carbonyl (C=O) groups is 2. The zero-order valence-corrected chi connectivity index (χ0v) is 19.0. The summed E-state index contributed by atoms with van der Waals surface area (Å²) in [5, 5.41) is 0. The lowest BCUT2D eigenvalue weighted by atomic mass is 9.69. The highest BCUT2D eigenvalue weighted by molar-refractivity contribution is 5.96. The number of nitrogens with two attached hydrogens (primary N) is 1. The lowest BCUT2D eigenvalue weighted by Crippen LogP contribution is -2.66. The first kappa shape index (κ1) is 22.6. The summed E-state index contributed by atoms with van der Waals surface area (Å²) in [6.07, 6.45) is 14.9. The average molecular weight is 406 g/mol. The normalized spacial score (nSPS) is 30.9. The lowest BCUT2D eigenvalue weighted by Gasteiger charge is -2.53. The third-order valence-electron chi connectivity index (χ3n) is 8.14. The Kier molecular flexibility index (Phi) is 7.29. The van der Waals surface area contributed by atoms with E-state index < -0.39 is 5.54 Å². The zero-order chi connectivity index (χ0) is 21.1. The van der Waals surface area contributed by atoms with E-state index in [1.807, 2.05) is 0 Å². The van der Waals surface area contributed by atoms with Crippen LogP contribution in [-0.2, 0) is 9.59 Å². The summed E-state index contributed by atoms with van der Waals surface area (Å²) >= 11 is 0. The minimum atomic E-state index is -0.707. The summed E-state index contributed by atoms with van der Waals surface area (Å²) in [6.45, 7) is 7.53. The fourth-order valence-electron chi connectivity index (χ4n) is 6.73. The monoisotopic (exact) mass is 405 g/mol. The van der Waals surface area contributed by atoms with Gasteiger partial charge in [-0.05, 0) is 58.3 Å². The van der Waals surface area contributed by atoms with Crippen molar-refractivity contribution in [1.82, 2.24) is 9.80 Å². The van der Waals surface area contributed by atoms with Gasteiger partial charge in [-0.15, -0.1) is 0 Å². The van der Waals surface area contributed by atoms with Gasteiger partial charge < -0.3 is 10.6 Å². The molecule has 3 fully saturated rings. The summed E-state index contributed by atoms with van der Waals surface area (Å²) in [6, 6.07) is 0.276. The van der Waals surface area contributed by atoms with Gasteiger partial charge in [0.25, 0.3) is 0 Å². The van der Waals surface area contributed by atoms with E-state index in [0.717, 1.165) is 57.9 Å². The van der Waals surface area contributed by atoms with Gasteiger partial charge in [-0.2, -0.15) is 0 Å². The molecule has 5 nitrogen and oxygen atoms in total. The van der Waals surface area contributed by atoms with Crippen LogP contribution in [0.25, 0.3) is 0 Å². The number of nitrogens with zero attached hydrogens (tertiary/aromatic N) is 2. The van der Waals surface area contributed by atoms with E-state index >= 15 is 0 Å². The van der Waals surface area contributed by atoms with Crippen LogP contribution >= 0.6 is 0 Å². The topological polar surface area (TPSA) is 66.6 Å². The van der Waals surface area contributed by atoms with Crippen LogP contribution in [0.15, 0.2) is 0 Å². The highest BCUT2D eigenvalue weighted by atomic mass is 16.2. The predicted molar refractivity (Wildman–Crippen MR) is 117 cm³/mol. The summed E-state index contributed by atoms with van der Waals surface area (Å²) in [5.74, 6) is -0.401. The van der Waals surface area contributed by atoms with Crippen LogP contribution in [0.1, 0.15) is 111 Å². The van der Waals surface area contributed by atoms with Crippen LogP contribution < -0.4 is 5.73 Å². The maximum Gasteiger partial charge on any atom is 0.245 e. The maximum absolute atomic E-state index is 14.2. The molecule has 2 saturated carbocycles. The maximum atomic E-state index is 14.2. The van der Waals surface area contributed by atoms with Gasteiger partial charge >= 0.3 is 0 Å². The van der Waals surface area contributed by atoms with Crippen LogP contribution in [0.3, 0.4) is 0 Å². The van der Waals surface area contributed by atoms with Gasteiger partial charge in [-0.25, -0.2) is 0 Å². The Labute approximate surface area is 177 Å². The summed E-state index contributed by atoms with van der Waals surface area (Å²) in [5.41, 5.74) is 5.04. The van der Waals surface area contributed by atoms with Crippen LogP contribution in [0.2, 0.25) is 0 Å². The molecule has 3 rings (SSSR count). The molecule has 0 aromatic rings. The number of hydrogen-bond acceptors (Lipinski definition) is 3. The smallest absolute Gasteiger partial charge is 0.245 e. The van der Waals surface area contributed by atoms with Crippen molar-refractivity contribution in [2.24, 2.45) is 11.7 Å². The van der Waals surface area contributed by atoms with Gasteiger partial charge in [0.2, 0.25) is 11.8 Å². The number of amides is 2. The van der Waals surface area contributed by atoms with Crippen LogP contribution in [0, 0.1) is 5.92 Å². The van der Waals surface area contributed by atoms with Crippen molar-refractivity contribution in [2.45, 2.75) is 128 Å². The second kappa shape index (κ2) is 9.36. The summed E-state index contributed by atoms with van der Waals surface area (Å²) in [7, 11) is 0. The fraction of sp³-hybridized carbons (Fsp3) is 0.917. The Hall–Kier alpha value is -1.10. The molecule has 2 N–H and O–H groups in total. The van der Waals surface area contributed by atoms with E-state index in [4.69, 9.17) is 5.73 Å². The molecule has 0 bridgehead atoms. The molecule has 1 saturated heterocycles. The van der Waals surface area contributed by atoms with Crippen LogP contribution in [0.4, 0.5) is 0 Å². The first-order valence-corrected chi connectivity index (χ1v) is 12.4. The summed E-state index contributed by atoms with van der Waals surface area (Å²) in [4.78, 5) is 31.7. The highest BCUT2D eigenvalue weighted by Gasteiger charge is 2.68. The minimum Gasteiger partial charge on any atom is -0.369 e. The number of hydrogen-bond donors (Lipinski definition) is 1. The van der Waals surface area contributed by atoms with Crippen molar-refractivity contribution in [3.8, 4) is 0 Å². The van der Waals surface area contributed by atoms with Crippen LogP contribution in [0.5, 0.6) is 0 Å². The van der Waals surface area contributed by atoms with Gasteiger partial charge in [0.15, 0.2) is 0 Å². The van der Waals surface area contributed by atoms with E-state index in [9.17, 15) is 9.59 Å². The van der Waals surface area contributed by atoms with Gasteiger partial charge in [-0.3, -0.25) is 14.5 Å². The van der Waals surface area contributed by atoms with Crippen molar-refractivity contribution in [3.05, 3.63) is 0 Å². The van der Waals surface area contributed by atoms with Crippen molar-refractivity contribution in [3.63, 3.8) is 0 Å². The Morgan fingerprint density at radius 2 is 1.76 bits per heavy atom. The van der Waals surface area contributed by atoms with Gasteiger partial charge in [0.1, 0.15) is 5.54 Å². The van der Waals surface area contributed by atoms with Crippen LogP contribution in [-0.4, -0.2) is 45.4 Å². The Morgan fingerprint density at radius 1 is 1.07 bits per heavy atom.